The molecule has 0 radical (unpaired) electrons. The summed E-state index contributed by atoms with van der Waals surface area (Å²) in [5, 5.41) is 9.16. The second-order valence-corrected chi connectivity index (χ2v) is 4.43. The number of benzene rings is 1. The highest BCUT2D eigenvalue weighted by molar-refractivity contribution is 6.00. The van der Waals surface area contributed by atoms with Gasteiger partial charge in [0.05, 0.1) is 29.4 Å². The summed E-state index contributed by atoms with van der Waals surface area (Å²) >= 11 is 0. The third kappa shape index (κ3) is 2.14. The van der Waals surface area contributed by atoms with Crippen LogP contribution >= 0.6 is 0 Å². The number of fused-ring (bicyclic) bond motifs is 1. The topological polar surface area (TPSA) is 105 Å². The van der Waals surface area contributed by atoms with Crippen LogP contribution in [0.2, 0.25) is 0 Å². The predicted molar refractivity (Wildman–Crippen MR) is 73.6 cm³/mol. The Hall–Kier alpha value is -3.09. The molecule has 0 atom stereocenters. The van der Waals surface area contributed by atoms with E-state index >= 15 is 0 Å². The van der Waals surface area contributed by atoms with Crippen molar-refractivity contribution in [1.29, 1.82) is 0 Å². The lowest BCUT2D eigenvalue weighted by Crippen LogP contribution is -2.36. The summed E-state index contributed by atoms with van der Waals surface area (Å²) in [6, 6.07) is 7.78. The highest BCUT2D eigenvalue weighted by Crippen LogP contribution is 2.15. The first-order chi connectivity index (χ1) is 10.1. The predicted octanol–water partition coefficient (Wildman–Crippen LogP) is 1.03. The summed E-state index contributed by atoms with van der Waals surface area (Å²) < 4.78 is 6.36. The number of H-pyrrole nitrogens is 1. The molecule has 2 N–H and O–H groups in total. The van der Waals surface area contributed by atoms with Gasteiger partial charge in [-0.1, -0.05) is 6.07 Å². The van der Waals surface area contributed by atoms with Crippen LogP contribution in [0.4, 0.5) is 0 Å². The van der Waals surface area contributed by atoms with Gasteiger partial charge < -0.3 is 14.5 Å². The van der Waals surface area contributed by atoms with E-state index in [0.29, 0.717) is 11.3 Å². The monoisotopic (exact) mass is 286 g/mol. The molecule has 0 bridgehead atoms. The Morgan fingerprint density at radius 2 is 2.05 bits per heavy atom. The molecule has 0 saturated heterocycles. The lowest BCUT2D eigenvalue weighted by molar-refractivity contribution is 0.0699. The molecule has 7 heteroatoms. The summed E-state index contributed by atoms with van der Waals surface area (Å²) in [7, 11) is 0. The molecule has 3 rings (SSSR count). The van der Waals surface area contributed by atoms with Crippen LogP contribution in [0.1, 0.15) is 16.1 Å². The molecule has 2 heterocycles. The average Bonchev–Trinajstić information content (AvgIpc) is 2.96. The zero-order valence-electron chi connectivity index (χ0n) is 10.7. The van der Waals surface area contributed by atoms with Crippen LogP contribution in [-0.4, -0.2) is 20.6 Å². The fourth-order valence-corrected chi connectivity index (χ4v) is 2.19. The van der Waals surface area contributed by atoms with Gasteiger partial charge >= 0.3 is 17.1 Å². The number of aromatic carboxylic acids is 1. The number of furan rings is 1. The van der Waals surface area contributed by atoms with Crippen molar-refractivity contribution >= 4 is 17.0 Å². The molecular weight excluding hydrogens is 276 g/mol. The van der Waals surface area contributed by atoms with Crippen LogP contribution in [0.5, 0.6) is 0 Å². The number of para-hydroxylation sites is 1. The second-order valence-electron chi connectivity index (χ2n) is 4.43. The largest absolute Gasteiger partial charge is 0.478 e. The van der Waals surface area contributed by atoms with Gasteiger partial charge in [0, 0.05) is 0 Å². The van der Waals surface area contributed by atoms with Gasteiger partial charge in [0.2, 0.25) is 0 Å². The molecule has 0 aliphatic heterocycles. The van der Waals surface area contributed by atoms with E-state index in [1.54, 1.807) is 18.2 Å². The van der Waals surface area contributed by atoms with Crippen LogP contribution in [0, 0.1) is 0 Å². The van der Waals surface area contributed by atoms with E-state index in [-0.39, 0.29) is 17.6 Å². The number of nitrogens with one attached hydrogen (secondary N) is 1. The summed E-state index contributed by atoms with van der Waals surface area (Å²) in [6.45, 7) is 0.0509. The fourth-order valence-electron chi connectivity index (χ4n) is 2.19. The molecule has 21 heavy (non-hydrogen) atoms. The molecule has 3 aromatic rings. The van der Waals surface area contributed by atoms with E-state index in [0.717, 1.165) is 0 Å². The minimum Gasteiger partial charge on any atom is -0.478 e. The Bertz CT molecular complexity index is 934. The first-order valence-corrected chi connectivity index (χ1v) is 6.09. The zero-order valence-corrected chi connectivity index (χ0v) is 10.7. The van der Waals surface area contributed by atoms with Gasteiger partial charge in [-0.05, 0) is 24.3 Å². The van der Waals surface area contributed by atoms with Crippen molar-refractivity contribution in [1.82, 2.24) is 9.55 Å². The molecule has 0 fully saturated rings. The first kappa shape index (κ1) is 12.9. The Balaban J connectivity index is 2.35. The molecule has 1 aromatic carbocycles. The molecule has 7 nitrogen and oxygen atoms in total. The second kappa shape index (κ2) is 4.78. The van der Waals surface area contributed by atoms with Crippen molar-refractivity contribution in [3.63, 3.8) is 0 Å². The van der Waals surface area contributed by atoms with Crippen molar-refractivity contribution in [2.45, 2.75) is 6.54 Å². The highest BCUT2D eigenvalue weighted by Gasteiger charge is 2.14. The average molecular weight is 286 g/mol. The zero-order chi connectivity index (χ0) is 15.0. The molecule has 0 spiro atoms. The molecule has 0 aliphatic rings. The number of rotatable bonds is 3. The number of aromatic nitrogens is 2. The maximum absolute atomic E-state index is 12.0. The van der Waals surface area contributed by atoms with E-state index in [4.69, 9.17) is 9.52 Å². The number of aromatic amines is 1. The van der Waals surface area contributed by atoms with Gasteiger partial charge in [-0.25, -0.2) is 4.79 Å². The normalized spacial score (nSPS) is 10.9. The molecule has 2 aromatic heterocycles. The lowest BCUT2D eigenvalue weighted by atomic mass is 10.1. The first-order valence-electron chi connectivity index (χ1n) is 6.09. The van der Waals surface area contributed by atoms with E-state index in [1.165, 1.54) is 23.0 Å². The molecule has 0 unspecified atom stereocenters. The van der Waals surface area contributed by atoms with Crippen molar-refractivity contribution in [2.24, 2.45) is 0 Å². The van der Waals surface area contributed by atoms with E-state index in [9.17, 15) is 14.4 Å². The van der Waals surface area contributed by atoms with Crippen LogP contribution in [0.3, 0.4) is 0 Å². The summed E-state index contributed by atoms with van der Waals surface area (Å²) in [6.07, 6.45) is 1.46. The quantitative estimate of drug-likeness (QED) is 0.699. The van der Waals surface area contributed by atoms with Crippen LogP contribution < -0.4 is 11.1 Å². The Kier molecular flexibility index (Phi) is 2.94. The number of hydrogen-bond donors (Lipinski definition) is 2. The van der Waals surface area contributed by atoms with E-state index in [1.807, 2.05) is 0 Å². The number of carboxylic acids is 1. The lowest BCUT2D eigenvalue weighted by Gasteiger charge is -2.09. The highest BCUT2D eigenvalue weighted by atomic mass is 16.4. The van der Waals surface area contributed by atoms with Crippen LogP contribution in [0.25, 0.3) is 11.0 Å². The maximum atomic E-state index is 12.0. The molecule has 0 aliphatic carbocycles. The summed E-state index contributed by atoms with van der Waals surface area (Å²) in [5.74, 6) is -0.691. The van der Waals surface area contributed by atoms with Gasteiger partial charge in [0.15, 0.2) is 0 Å². The number of nitrogens with zero attached hydrogens (tertiary/aromatic N) is 1. The van der Waals surface area contributed by atoms with Gasteiger partial charge in [0.25, 0.3) is 0 Å². The Morgan fingerprint density at radius 1 is 1.24 bits per heavy atom. The fraction of sp³-hybridized carbons (Fsp3) is 0.0714. The minimum absolute atomic E-state index is 0.0509. The maximum Gasteiger partial charge on any atom is 0.337 e. The number of hydrogen-bond acceptors (Lipinski definition) is 4. The Morgan fingerprint density at radius 3 is 2.71 bits per heavy atom. The van der Waals surface area contributed by atoms with Gasteiger partial charge in [-0.15, -0.1) is 0 Å². The molecular formula is C14H10N2O5. The van der Waals surface area contributed by atoms with Gasteiger partial charge in [-0.3, -0.25) is 14.2 Å². The van der Waals surface area contributed by atoms with Crippen LogP contribution in [0.15, 0.2) is 50.6 Å². The van der Waals surface area contributed by atoms with Crippen molar-refractivity contribution in [2.75, 3.05) is 0 Å². The third-order valence-electron chi connectivity index (χ3n) is 3.14. The summed E-state index contributed by atoms with van der Waals surface area (Å²) in [4.78, 5) is 37.3. The van der Waals surface area contributed by atoms with Crippen LogP contribution in [-0.2, 0) is 6.54 Å². The number of carbonyl (C=O) groups is 1. The molecule has 0 amide bonds. The van der Waals surface area contributed by atoms with Crippen molar-refractivity contribution < 1.29 is 14.3 Å². The standard InChI is InChI=1S/C14H10N2O5/c17-12-13(18)16(7-8-3-2-6-21-8)10-5-1-4-9(14(19)20)11(10)15-12/h1-6H,7H2,(H,15,17)(H,19,20). The summed E-state index contributed by atoms with van der Waals surface area (Å²) in [5.41, 5.74) is -1.26. The third-order valence-corrected chi connectivity index (χ3v) is 3.14. The number of carboxylic acid groups (broad SMARTS) is 1. The molecule has 106 valence electrons. The minimum atomic E-state index is -1.18. The smallest absolute Gasteiger partial charge is 0.337 e. The Labute approximate surface area is 117 Å². The van der Waals surface area contributed by atoms with Crippen molar-refractivity contribution in [3.05, 3.63) is 68.6 Å². The van der Waals surface area contributed by atoms with Crippen molar-refractivity contribution in [3.8, 4) is 0 Å². The van der Waals surface area contributed by atoms with Gasteiger partial charge in [-0.2, -0.15) is 0 Å². The SMILES string of the molecule is O=C(O)c1cccc2c1[nH]c(=O)c(=O)n2Cc1ccco1. The molecule has 0 saturated carbocycles. The van der Waals surface area contributed by atoms with E-state index < -0.39 is 17.1 Å². The van der Waals surface area contributed by atoms with E-state index in [2.05, 4.69) is 4.98 Å². The van der Waals surface area contributed by atoms with Gasteiger partial charge in [0.1, 0.15) is 5.76 Å².